The minimum absolute atomic E-state index is 0.0795. The molecule has 1 unspecified atom stereocenters. The molecule has 5 rings (SSSR count). The number of hydrogen-bond acceptors (Lipinski definition) is 5. The second kappa shape index (κ2) is 8.85. The normalized spacial score (nSPS) is 32.7. The number of nitrogens with two attached hydrogens (primary N) is 2. The number of amides is 1. The van der Waals surface area contributed by atoms with Crippen LogP contribution in [0.25, 0.3) is 0 Å². The Bertz CT molecular complexity index is 777. The van der Waals surface area contributed by atoms with Crippen molar-refractivity contribution in [2.75, 3.05) is 13.1 Å². The zero-order valence-electron chi connectivity index (χ0n) is 19.2. The molecule has 1 aromatic carbocycles. The Balaban J connectivity index is 1.45. The van der Waals surface area contributed by atoms with Gasteiger partial charge in [-0.25, -0.2) is 0 Å². The number of hydrogen-bond donors (Lipinski definition) is 3. The molecule has 3 aliphatic carbocycles. The lowest BCUT2D eigenvalue weighted by atomic mass is 9.43. The molecule has 0 aromatic heterocycles. The summed E-state index contributed by atoms with van der Waals surface area (Å²) in [4.78, 5) is 12.6. The Morgan fingerprint density at radius 3 is 2.65 bits per heavy atom. The first kappa shape index (κ1) is 22.8. The van der Waals surface area contributed by atoms with Crippen LogP contribution in [0, 0.1) is 17.3 Å². The summed E-state index contributed by atoms with van der Waals surface area (Å²) in [6.07, 6.45) is 4.79. The third-order valence-corrected chi connectivity index (χ3v) is 8.33. The Morgan fingerprint density at radius 2 is 1.97 bits per heavy atom. The molecular weight excluding hydrogens is 389 g/mol. The number of unbranched alkanes of at least 4 members (excludes halogenated alkanes) is 1. The molecule has 5 N–H and O–H groups in total. The number of carbonyl (C=O) groups is 1. The lowest BCUT2D eigenvalue weighted by molar-refractivity contribution is -0.199. The van der Waals surface area contributed by atoms with Gasteiger partial charge in [-0.05, 0) is 62.0 Å². The summed E-state index contributed by atoms with van der Waals surface area (Å²) in [6.45, 7) is 8.03. The maximum atomic E-state index is 12.6. The molecule has 2 bridgehead atoms. The van der Waals surface area contributed by atoms with Crippen molar-refractivity contribution < 1.29 is 14.1 Å². The van der Waals surface area contributed by atoms with Crippen LogP contribution in [0.5, 0.6) is 0 Å². The van der Waals surface area contributed by atoms with Crippen LogP contribution in [0.4, 0.5) is 0 Å². The van der Waals surface area contributed by atoms with Gasteiger partial charge in [0.15, 0.2) is 0 Å². The summed E-state index contributed by atoms with van der Waals surface area (Å²) in [5.74, 6) is 1.02. The summed E-state index contributed by atoms with van der Waals surface area (Å²) >= 11 is 0. The van der Waals surface area contributed by atoms with Crippen molar-refractivity contribution in [1.82, 2.24) is 5.32 Å². The maximum absolute atomic E-state index is 12.6. The van der Waals surface area contributed by atoms with Gasteiger partial charge in [-0.2, -0.15) is 0 Å². The summed E-state index contributed by atoms with van der Waals surface area (Å²) in [6, 6.07) is 9.69. The standard InChI is InChI=1S/C24H38BN3O3/c1-23(2)17-13-20(23)24(3)21(14-17)30-25(31-24)18(16-9-5-4-6-10-16)15-28-22(29)19(27)11-7-8-12-26/h4-6,9-10,17-21H,7-8,11-15,26-27H2,1-3H3,(H,28,29)/t17-,18?,19+,20-,21+,24-/m1/s1. The van der Waals surface area contributed by atoms with E-state index in [4.69, 9.17) is 20.8 Å². The van der Waals surface area contributed by atoms with Gasteiger partial charge in [0.25, 0.3) is 0 Å². The van der Waals surface area contributed by atoms with Crippen molar-refractivity contribution in [2.24, 2.45) is 28.7 Å². The molecule has 1 aromatic rings. The van der Waals surface area contributed by atoms with E-state index in [-0.39, 0.29) is 30.5 Å². The van der Waals surface area contributed by atoms with Crippen LogP contribution < -0.4 is 16.8 Å². The molecule has 6 nitrogen and oxygen atoms in total. The number of nitrogens with one attached hydrogen (secondary N) is 1. The van der Waals surface area contributed by atoms with Gasteiger partial charge in [0, 0.05) is 12.4 Å². The molecule has 1 saturated heterocycles. The van der Waals surface area contributed by atoms with Crippen LogP contribution in [0.2, 0.25) is 0 Å². The average molecular weight is 427 g/mol. The fourth-order valence-corrected chi connectivity index (χ4v) is 6.12. The first-order valence-corrected chi connectivity index (χ1v) is 11.9. The zero-order valence-corrected chi connectivity index (χ0v) is 19.2. The Kier molecular flexibility index (Phi) is 6.50. The zero-order chi connectivity index (χ0) is 22.2. The number of benzene rings is 1. The van der Waals surface area contributed by atoms with Gasteiger partial charge in [-0.3, -0.25) is 4.79 Å². The lowest BCUT2D eigenvalue weighted by Gasteiger charge is -2.64. The van der Waals surface area contributed by atoms with E-state index in [2.05, 4.69) is 38.2 Å². The van der Waals surface area contributed by atoms with Crippen LogP contribution in [-0.4, -0.2) is 43.9 Å². The SMILES string of the molecule is CC1(C)[C@H]2C[C@@H]3OB(C(CNC(=O)[C@@H](N)CCCCN)c4ccccc4)O[C@]3(C)[C@@H]1C2. The molecule has 31 heavy (non-hydrogen) atoms. The van der Waals surface area contributed by atoms with Gasteiger partial charge in [0.05, 0.1) is 17.7 Å². The summed E-state index contributed by atoms with van der Waals surface area (Å²) in [7, 11) is -0.374. The fourth-order valence-electron chi connectivity index (χ4n) is 6.12. The highest BCUT2D eigenvalue weighted by atomic mass is 16.7. The minimum Gasteiger partial charge on any atom is -0.405 e. The van der Waals surface area contributed by atoms with E-state index in [9.17, 15) is 4.79 Å². The molecule has 3 saturated carbocycles. The molecule has 0 spiro atoms. The van der Waals surface area contributed by atoms with Gasteiger partial charge < -0.3 is 26.1 Å². The van der Waals surface area contributed by atoms with Crippen molar-refractivity contribution in [3.8, 4) is 0 Å². The third kappa shape index (κ3) is 4.18. The third-order valence-electron chi connectivity index (χ3n) is 8.33. The summed E-state index contributed by atoms with van der Waals surface area (Å²) in [5.41, 5.74) is 12.8. The maximum Gasteiger partial charge on any atom is 0.467 e. The number of carbonyl (C=O) groups excluding carboxylic acids is 1. The van der Waals surface area contributed by atoms with Crippen LogP contribution in [0.1, 0.15) is 64.3 Å². The molecule has 6 atom stereocenters. The van der Waals surface area contributed by atoms with Crippen molar-refractivity contribution in [3.63, 3.8) is 0 Å². The van der Waals surface area contributed by atoms with Gasteiger partial charge >= 0.3 is 7.12 Å². The molecular formula is C24H38BN3O3. The molecule has 170 valence electrons. The topological polar surface area (TPSA) is 99.6 Å². The molecule has 1 aliphatic heterocycles. The van der Waals surface area contributed by atoms with Crippen molar-refractivity contribution in [3.05, 3.63) is 35.9 Å². The van der Waals surface area contributed by atoms with Crippen LogP contribution in [0.15, 0.2) is 30.3 Å². The highest BCUT2D eigenvalue weighted by molar-refractivity contribution is 6.47. The van der Waals surface area contributed by atoms with Gasteiger partial charge in [-0.1, -0.05) is 50.6 Å². The van der Waals surface area contributed by atoms with E-state index in [0.29, 0.717) is 36.8 Å². The van der Waals surface area contributed by atoms with E-state index >= 15 is 0 Å². The largest absolute Gasteiger partial charge is 0.467 e. The molecule has 1 amide bonds. The molecule has 4 aliphatic rings. The van der Waals surface area contributed by atoms with Crippen molar-refractivity contribution in [2.45, 2.75) is 76.4 Å². The predicted octanol–water partition coefficient (Wildman–Crippen LogP) is 2.61. The smallest absolute Gasteiger partial charge is 0.405 e. The fraction of sp³-hybridized carbons (Fsp3) is 0.708. The Labute approximate surface area is 186 Å². The highest BCUT2D eigenvalue weighted by Gasteiger charge is 2.68. The van der Waals surface area contributed by atoms with Crippen LogP contribution in [0.3, 0.4) is 0 Å². The second-order valence-electron chi connectivity index (χ2n) is 10.5. The quantitative estimate of drug-likeness (QED) is 0.416. The predicted molar refractivity (Wildman–Crippen MR) is 123 cm³/mol. The van der Waals surface area contributed by atoms with Gasteiger partial charge in [-0.15, -0.1) is 0 Å². The number of rotatable bonds is 9. The van der Waals surface area contributed by atoms with Crippen LogP contribution in [-0.2, 0) is 14.1 Å². The highest BCUT2D eigenvalue weighted by Crippen LogP contribution is 2.66. The monoisotopic (exact) mass is 427 g/mol. The van der Waals surface area contributed by atoms with E-state index in [0.717, 1.165) is 24.8 Å². The van der Waals surface area contributed by atoms with E-state index in [1.54, 1.807) is 0 Å². The van der Waals surface area contributed by atoms with Crippen molar-refractivity contribution in [1.29, 1.82) is 0 Å². The van der Waals surface area contributed by atoms with E-state index in [1.165, 1.54) is 6.42 Å². The first-order chi connectivity index (χ1) is 14.8. The first-order valence-electron chi connectivity index (χ1n) is 11.9. The minimum atomic E-state index is -0.512. The molecule has 1 heterocycles. The molecule has 0 radical (unpaired) electrons. The van der Waals surface area contributed by atoms with Crippen LogP contribution >= 0.6 is 0 Å². The Hall–Kier alpha value is -1.41. The summed E-state index contributed by atoms with van der Waals surface area (Å²) in [5, 5.41) is 3.06. The van der Waals surface area contributed by atoms with E-state index in [1.807, 2.05) is 18.2 Å². The molecule has 4 fully saturated rings. The Morgan fingerprint density at radius 1 is 1.23 bits per heavy atom. The molecule has 7 heteroatoms. The van der Waals surface area contributed by atoms with Gasteiger partial charge in [0.1, 0.15) is 0 Å². The average Bonchev–Trinajstić information content (AvgIpc) is 3.11. The second-order valence-corrected chi connectivity index (χ2v) is 10.5. The van der Waals surface area contributed by atoms with Gasteiger partial charge in [0.2, 0.25) is 5.91 Å². The summed E-state index contributed by atoms with van der Waals surface area (Å²) < 4.78 is 13.2. The van der Waals surface area contributed by atoms with E-state index < -0.39 is 6.04 Å². The van der Waals surface area contributed by atoms with Crippen molar-refractivity contribution >= 4 is 13.0 Å². The lowest BCUT2D eigenvalue weighted by Crippen LogP contribution is -2.65.